The molecule has 1 fully saturated rings. The third-order valence-electron chi connectivity index (χ3n) is 3.85. The summed E-state index contributed by atoms with van der Waals surface area (Å²) in [5.41, 5.74) is 3.42. The van der Waals surface area contributed by atoms with E-state index in [-0.39, 0.29) is 5.75 Å². The van der Waals surface area contributed by atoms with Crippen molar-refractivity contribution in [3.63, 3.8) is 0 Å². The second kappa shape index (κ2) is 7.03. The van der Waals surface area contributed by atoms with Crippen LogP contribution in [0.1, 0.15) is 18.1 Å². The predicted molar refractivity (Wildman–Crippen MR) is 91.9 cm³/mol. The number of hydrogen-bond acceptors (Lipinski definition) is 5. The predicted octanol–water partition coefficient (Wildman–Crippen LogP) is 2.03. The Morgan fingerprint density at radius 2 is 2.19 bits per heavy atom. The van der Waals surface area contributed by atoms with Crippen molar-refractivity contribution in [1.29, 1.82) is 0 Å². The molecule has 1 aliphatic heterocycles. The number of nitrogens with zero attached hydrogens (tertiary/aromatic N) is 1. The quantitative estimate of drug-likeness (QED) is 0.896. The van der Waals surface area contributed by atoms with Crippen LogP contribution < -0.4 is 10.2 Å². The van der Waals surface area contributed by atoms with Gasteiger partial charge in [-0.2, -0.15) is 11.8 Å². The van der Waals surface area contributed by atoms with Gasteiger partial charge in [0, 0.05) is 36.0 Å². The second-order valence-corrected chi connectivity index (χ2v) is 8.92. The van der Waals surface area contributed by atoms with E-state index in [1.807, 2.05) is 7.05 Å². The van der Waals surface area contributed by atoms with E-state index in [1.54, 1.807) is 18.7 Å². The van der Waals surface area contributed by atoms with Crippen molar-refractivity contribution in [1.82, 2.24) is 5.32 Å². The standard InChI is InChI=1S/C15H24N2O2S2/c1-4-21(18,19)15-11-20-8-7-17(15)14-6-5-13(10-16-3)9-12(14)2/h5-6,9,15-16H,4,7-8,10-11H2,1-3H3. The second-order valence-electron chi connectivity index (χ2n) is 5.33. The normalized spacial score (nSPS) is 19.8. The monoisotopic (exact) mass is 328 g/mol. The van der Waals surface area contributed by atoms with Crippen molar-refractivity contribution in [2.45, 2.75) is 25.8 Å². The molecule has 0 aliphatic carbocycles. The Hall–Kier alpha value is -0.720. The van der Waals surface area contributed by atoms with Gasteiger partial charge in [0.25, 0.3) is 0 Å². The molecule has 1 saturated heterocycles. The fourth-order valence-corrected chi connectivity index (χ4v) is 5.68. The van der Waals surface area contributed by atoms with E-state index in [4.69, 9.17) is 0 Å². The van der Waals surface area contributed by atoms with Gasteiger partial charge in [-0.15, -0.1) is 0 Å². The molecule has 0 bridgehead atoms. The van der Waals surface area contributed by atoms with Gasteiger partial charge in [0.2, 0.25) is 0 Å². The third kappa shape index (κ3) is 3.73. The molecule has 1 N–H and O–H groups in total. The molecule has 21 heavy (non-hydrogen) atoms. The smallest absolute Gasteiger partial charge is 0.171 e. The van der Waals surface area contributed by atoms with Crippen LogP contribution >= 0.6 is 11.8 Å². The number of sulfone groups is 1. The van der Waals surface area contributed by atoms with Gasteiger partial charge in [-0.1, -0.05) is 19.1 Å². The van der Waals surface area contributed by atoms with Crippen LogP contribution in [0.25, 0.3) is 0 Å². The first-order chi connectivity index (χ1) is 9.99. The zero-order chi connectivity index (χ0) is 15.5. The zero-order valence-electron chi connectivity index (χ0n) is 12.9. The van der Waals surface area contributed by atoms with Crippen molar-refractivity contribution < 1.29 is 8.42 Å². The molecule has 1 unspecified atom stereocenters. The number of anilines is 1. The van der Waals surface area contributed by atoms with Crippen LogP contribution in [0.4, 0.5) is 5.69 Å². The minimum atomic E-state index is -3.06. The molecule has 6 heteroatoms. The maximum atomic E-state index is 12.4. The summed E-state index contributed by atoms with van der Waals surface area (Å²) in [4.78, 5) is 2.08. The lowest BCUT2D eigenvalue weighted by Gasteiger charge is -2.37. The number of benzene rings is 1. The molecule has 0 radical (unpaired) electrons. The highest BCUT2D eigenvalue weighted by atomic mass is 32.2. The Morgan fingerprint density at radius 3 is 2.81 bits per heavy atom. The fourth-order valence-electron chi connectivity index (χ4n) is 2.70. The van der Waals surface area contributed by atoms with Crippen LogP contribution in [-0.2, 0) is 16.4 Å². The van der Waals surface area contributed by atoms with Gasteiger partial charge < -0.3 is 10.2 Å². The van der Waals surface area contributed by atoms with Crippen molar-refractivity contribution in [3.8, 4) is 0 Å². The summed E-state index contributed by atoms with van der Waals surface area (Å²) in [5, 5.41) is 2.75. The number of aryl methyl sites for hydroxylation is 1. The van der Waals surface area contributed by atoms with Crippen molar-refractivity contribution >= 4 is 27.3 Å². The molecule has 0 spiro atoms. The largest absolute Gasteiger partial charge is 0.353 e. The molecule has 1 atom stereocenters. The molecule has 2 rings (SSSR count). The summed E-state index contributed by atoms with van der Waals surface area (Å²) in [6, 6.07) is 6.29. The SMILES string of the molecule is CCS(=O)(=O)C1CSCCN1c1ccc(CNC)cc1C. The van der Waals surface area contributed by atoms with Crippen molar-refractivity contribution in [2.24, 2.45) is 0 Å². The summed E-state index contributed by atoms with van der Waals surface area (Å²) in [5.74, 6) is 1.84. The molecule has 4 nitrogen and oxygen atoms in total. The Labute approximate surface area is 132 Å². The molecule has 1 aromatic carbocycles. The summed E-state index contributed by atoms with van der Waals surface area (Å²) in [6.07, 6.45) is 0. The number of hydrogen-bond donors (Lipinski definition) is 1. The van der Waals surface area contributed by atoms with Gasteiger partial charge >= 0.3 is 0 Å². The Balaban J connectivity index is 2.34. The lowest BCUT2D eigenvalue weighted by molar-refractivity contribution is 0.579. The maximum Gasteiger partial charge on any atom is 0.171 e. The van der Waals surface area contributed by atoms with Crippen LogP contribution in [0.2, 0.25) is 0 Å². The van der Waals surface area contributed by atoms with Crippen LogP contribution in [0.5, 0.6) is 0 Å². The van der Waals surface area contributed by atoms with Gasteiger partial charge in [-0.25, -0.2) is 8.42 Å². The summed E-state index contributed by atoms with van der Waals surface area (Å²) in [7, 11) is -1.14. The third-order valence-corrected chi connectivity index (χ3v) is 7.14. The first kappa shape index (κ1) is 16.6. The molecule has 0 saturated carbocycles. The summed E-state index contributed by atoms with van der Waals surface area (Å²) < 4.78 is 24.7. The first-order valence-corrected chi connectivity index (χ1v) is 10.2. The molecule has 0 aromatic heterocycles. The minimum Gasteiger partial charge on any atom is -0.353 e. The lowest BCUT2D eigenvalue weighted by Crippen LogP contribution is -2.48. The van der Waals surface area contributed by atoms with Gasteiger partial charge in [0.1, 0.15) is 5.37 Å². The van der Waals surface area contributed by atoms with Crippen molar-refractivity contribution in [2.75, 3.05) is 35.8 Å². The Morgan fingerprint density at radius 1 is 1.43 bits per heavy atom. The molecule has 1 aromatic rings. The van der Waals surface area contributed by atoms with Crippen LogP contribution in [0, 0.1) is 6.92 Å². The van der Waals surface area contributed by atoms with Gasteiger partial charge in [0.05, 0.1) is 0 Å². The van der Waals surface area contributed by atoms with E-state index < -0.39 is 15.2 Å². The molecule has 118 valence electrons. The fraction of sp³-hybridized carbons (Fsp3) is 0.600. The highest BCUT2D eigenvalue weighted by molar-refractivity contribution is 8.01. The lowest BCUT2D eigenvalue weighted by atomic mass is 10.1. The molecular formula is C15H24N2O2S2. The van der Waals surface area contributed by atoms with E-state index >= 15 is 0 Å². The van der Waals surface area contributed by atoms with E-state index in [0.29, 0.717) is 5.75 Å². The molecule has 1 heterocycles. The Bertz CT molecular complexity index is 587. The average Bonchev–Trinajstić information content (AvgIpc) is 2.48. The van der Waals surface area contributed by atoms with E-state index in [0.717, 1.165) is 30.1 Å². The summed E-state index contributed by atoms with van der Waals surface area (Å²) >= 11 is 1.73. The van der Waals surface area contributed by atoms with Crippen molar-refractivity contribution in [3.05, 3.63) is 29.3 Å². The van der Waals surface area contributed by atoms with E-state index in [2.05, 4.69) is 35.3 Å². The first-order valence-electron chi connectivity index (χ1n) is 7.29. The number of rotatable bonds is 5. The summed E-state index contributed by atoms with van der Waals surface area (Å²) in [6.45, 7) is 5.41. The maximum absolute atomic E-state index is 12.4. The van der Waals surface area contributed by atoms with Gasteiger partial charge in [0.15, 0.2) is 9.84 Å². The van der Waals surface area contributed by atoms with Crippen LogP contribution in [0.3, 0.4) is 0 Å². The van der Waals surface area contributed by atoms with Crippen LogP contribution in [0.15, 0.2) is 18.2 Å². The zero-order valence-corrected chi connectivity index (χ0v) is 14.6. The molecule has 1 aliphatic rings. The average molecular weight is 329 g/mol. The van der Waals surface area contributed by atoms with E-state index in [1.165, 1.54) is 5.56 Å². The number of nitrogens with one attached hydrogen (secondary N) is 1. The minimum absolute atomic E-state index is 0.200. The molecule has 0 amide bonds. The highest BCUT2D eigenvalue weighted by Crippen LogP contribution is 2.30. The van der Waals surface area contributed by atoms with Gasteiger partial charge in [-0.3, -0.25) is 0 Å². The Kier molecular flexibility index (Phi) is 5.57. The van der Waals surface area contributed by atoms with E-state index in [9.17, 15) is 8.42 Å². The van der Waals surface area contributed by atoms with Crippen LogP contribution in [-0.4, -0.2) is 44.6 Å². The topological polar surface area (TPSA) is 49.4 Å². The molecular weight excluding hydrogens is 304 g/mol. The highest BCUT2D eigenvalue weighted by Gasteiger charge is 2.33. The van der Waals surface area contributed by atoms with Gasteiger partial charge in [-0.05, 0) is 31.2 Å². The number of thioether (sulfide) groups is 1.